The number of ether oxygens (including phenoxy) is 1. The van der Waals surface area contributed by atoms with Gasteiger partial charge in [0.15, 0.2) is 6.61 Å². The van der Waals surface area contributed by atoms with Gasteiger partial charge in [-0.2, -0.15) is 0 Å². The number of nitrogens with two attached hydrogens (primary N) is 1. The maximum atomic E-state index is 12.1. The molecule has 1 aromatic carbocycles. The van der Waals surface area contributed by atoms with E-state index in [0.717, 1.165) is 48.1 Å². The molecule has 1 unspecified atom stereocenters. The molecule has 1 amide bonds. The number of benzene rings is 1. The Morgan fingerprint density at radius 1 is 1.38 bits per heavy atom. The topological polar surface area (TPSA) is 55.6 Å². The summed E-state index contributed by atoms with van der Waals surface area (Å²) in [6.45, 7) is 3.78. The molecule has 1 aromatic rings. The van der Waals surface area contributed by atoms with Gasteiger partial charge in [0, 0.05) is 23.6 Å². The van der Waals surface area contributed by atoms with Crippen LogP contribution in [0, 0.1) is 0 Å². The highest BCUT2D eigenvalue weighted by atomic mass is 79.9. The van der Waals surface area contributed by atoms with E-state index in [1.807, 2.05) is 30.0 Å². The Morgan fingerprint density at radius 2 is 2.10 bits per heavy atom. The van der Waals surface area contributed by atoms with Crippen LogP contribution in [0.2, 0.25) is 0 Å². The third kappa shape index (κ3) is 5.00. The second-order valence-corrected chi connectivity index (χ2v) is 6.58. The molecule has 4 nitrogen and oxygen atoms in total. The number of likely N-dealkylation sites (tertiary alicyclic amines) is 1. The van der Waals surface area contributed by atoms with Gasteiger partial charge in [0.1, 0.15) is 5.75 Å². The summed E-state index contributed by atoms with van der Waals surface area (Å²) >= 11 is 3.46. The summed E-state index contributed by atoms with van der Waals surface area (Å²) in [4.78, 5) is 14.0. The van der Waals surface area contributed by atoms with E-state index in [1.165, 1.54) is 6.42 Å². The Balaban J connectivity index is 1.97. The quantitative estimate of drug-likeness (QED) is 0.884. The molecule has 5 heteroatoms. The van der Waals surface area contributed by atoms with Gasteiger partial charge in [0.25, 0.3) is 5.91 Å². The lowest BCUT2D eigenvalue weighted by Crippen LogP contribution is -2.38. The van der Waals surface area contributed by atoms with Crippen molar-refractivity contribution in [3.63, 3.8) is 0 Å². The summed E-state index contributed by atoms with van der Waals surface area (Å²) in [5, 5.41) is 0. The molecular formula is C16H23BrN2O2. The molecule has 1 aliphatic rings. The minimum atomic E-state index is 0.0550. The van der Waals surface area contributed by atoms with Gasteiger partial charge in [-0.15, -0.1) is 0 Å². The van der Waals surface area contributed by atoms with Crippen molar-refractivity contribution in [2.24, 2.45) is 5.73 Å². The molecule has 116 valence electrons. The fraction of sp³-hybridized carbons (Fsp3) is 0.562. The molecule has 1 atom stereocenters. The average molecular weight is 355 g/mol. The zero-order chi connectivity index (χ0) is 15.2. The number of nitrogens with zero attached hydrogens (tertiary/aromatic N) is 1. The number of amides is 1. The monoisotopic (exact) mass is 354 g/mol. The molecule has 0 radical (unpaired) electrons. The van der Waals surface area contributed by atoms with Crippen molar-refractivity contribution < 1.29 is 9.53 Å². The fourth-order valence-corrected chi connectivity index (χ4v) is 2.98. The first kappa shape index (κ1) is 16.3. The lowest BCUT2D eigenvalue weighted by Gasteiger charge is -2.26. The molecule has 1 aliphatic heterocycles. The zero-order valence-corrected chi connectivity index (χ0v) is 14.1. The van der Waals surface area contributed by atoms with Crippen LogP contribution in [0.5, 0.6) is 5.75 Å². The van der Waals surface area contributed by atoms with E-state index in [0.29, 0.717) is 0 Å². The van der Waals surface area contributed by atoms with Gasteiger partial charge in [-0.05, 0) is 56.4 Å². The summed E-state index contributed by atoms with van der Waals surface area (Å²) in [5.41, 5.74) is 6.90. The maximum absolute atomic E-state index is 12.1. The summed E-state index contributed by atoms with van der Waals surface area (Å²) in [6.07, 6.45) is 4.14. The summed E-state index contributed by atoms with van der Waals surface area (Å²) in [7, 11) is 0. The van der Waals surface area contributed by atoms with Crippen LogP contribution in [0.4, 0.5) is 0 Å². The second kappa shape index (κ2) is 7.80. The molecule has 0 bridgehead atoms. The zero-order valence-electron chi connectivity index (χ0n) is 12.5. The summed E-state index contributed by atoms with van der Waals surface area (Å²) in [5.74, 6) is 0.824. The molecule has 1 fully saturated rings. The van der Waals surface area contributed by atoms with Crippen molar-refractivity contribution in [3.8, 4) is 5.75 Å². The molecular weight excluding hydrogens is 332 g/mol. The Morgan fingerprint density at radius 3 is 2.76 bits per heavy atom. The Kier molecular flexibility index (Phi) is 6.06. The van der Waals surface area contributed by atoms with E-state index in [9.17, 15) is 4.79 Å². The lowest BCUT2D eigenvalue weighted by molar-refractivity contribution is -0.134. The van der Waals surface area contributed by atoms with Crippen LogP contribution < -0.4 is 10.5 Å². The lowest BCUT2D eigenvalue weighted by atomic mass is 10.1. The maximum Gasteiger partial charge on any atom is 0.260 e. The van der Waals surface area contributed by atoms with Gasteiger partial charge in [0.05, 0.1) is 0 Å². The third-order valence-electron chi connectivity index (χ3n) is 3.62. The molecule has 0 saturated carbocycles. The number of halogens is 1. The molecule has 1 saturated heterocycles. The number of carbonyl (C=O) groups is 1. The van der Waals surface area contributed by atoms with Gasteiger partial charge in [-0.25, -0.2) is 0 Å². The average Bonchev–Trinajstić information content (AvgIpc) is 2.46. The van der Waals surface area contributed by atoms with Crippen LogP contribution in [-0.4, -0.2) is 36.5 Å². The Labute approximate surface area is 134 Å². The molecule has 1 heterocycles. The number of rotatable bonds is 5. The van der Waals surface area contributed by atoms with Crippen LogP contribution in [0.1, 0.15) is 31.7 Å². The number of carbonyl (C=O) groups excluding carboxylic acids is 1. The summed E-state index contributed by atoms with van der Waals surface area (Å²) < 4.78 is 6.73. The van der Waals surface area contributed by atoms with Crippen LogP contribution in [0.15, 0.2) is 22.7 Å². The van der Waals surface area contributed by atoms with E-state index in [1.54, 1.807) is 0 Å². The first-order chi connectivity index (χ1) is 10.1. The van der Waals surface area contributed by atoms with Gasteiger partial charge >= 0.3 is 0 Å². The minimum absolute atomic E-state index is 0.0550. The smallest absolute Gasteiger partial charge is 0.260 e. The number of piperidine rings is 1. The molecule has 2 N–H and O–H groups in total. The SMILES string of the molecule is CC(N)Cc1cc(Br)ccc1OCC(=O)N1CCCCC1. The second-order valence-electron chi connectivity index (χ2n) is 5.66. The highest BCUT2D eigenvalue weighted by molar-refractivity contribution is 9.10. The number of hydrogen-bond donors (Lipinski definition) is 1. The highest BCUT2D eigenvalue weighted by Gasteiger charge is 2.17. The van der Waals surface area contributed by atoms with Crippen molar-refractivity contribution in [1.29, 1.82) is 0 Å². The van der Waals surface area contributed by atoms with Gasteiger partial charge in [0.2, 0.25) is 0 Å². The molecule has 0 aromatic heterocycles. The van der Waals surface area contributed by atoms with Gasteiger partial charge < -0.3 is 15.4 Å². The molecule has 21 heavy (non-hydrogen) atoms. The molecule has 2 rings (SSSR count). The predicted molar refractivity (Wildman–Crippen MR) is 87.4 cm³/mol. The predicted octanol–water partition coefficient (Wildman–Crippen LogP) is 2.73. The van der Waals surface area contributed by atoms with E-state index in [-0.39, 0.29) is 18.6 Å². The van der Waals surface area contributed by atoms with Crippen LogP contribution in [0.25, 0.3) is 0 Å². The first-order valence-corrected chi connectivity index (χ1v) is 8.30. The minimum Gasteiger partial charge on any atom is -0.483 e. The van der Waals surface area contributed by atoms with Gasteiger partial charge in [-0.3, -0.25) is 4.79 Å². The first-order valence-electron chi connectivity index (χ1n) is 7.51. The van der Waals surface area contributed by atoms with E-state index < -0.39 is 0 Å². The Hall–Kier alpha value is -1.07. The van der Waals surface area contributed by atoms with E-state index in [2.05, 4.69) is 15.9 Å². The van der Waals surface area contributed by atoms with Gasteiger partial charge in [-0.1, -0.05) is 15.9 Å². The highest BCUT2D eigenvalue weighted by Crippen LogP contribution is 2.24. The van der Waals surface area contributed by atoms with Crippen molar-refractivity contribution in [3.05, 3.63) is 28.2 Å². The summed E-state index contributed by atoms with van der Waals surface area (Å²) in [6, 6.07) is 5.88. The van der Waals surface area contributed by atoms with E-state index in [4.69, 9.17) is 10.5 Å². The van der Waals surface area contributed by atoms with Crippen molar-refractivity contribution >= 4 is 21.8 Å². The Bertz CT molecular complexity index is 485. The number of hydrogen-bond acceptors (Lipinski definition) is 3. The van der Waals surface area contributed by atoms with Crippen LogP contribution in [-0.2, 0) is 11.2 Å². The third-order valence-corrected chi connectivity index (χ3v) is 4.12. The fourth-order valence-electron chi connectivity index (χ4n) is 2.57. The van der Waals surface area contributed by atoms with Crippen molar-refractivity contribution in [2.45, 2.75) is 38.6 Å². The molecule has 0 spiro atoms. The molecule has 0 aliphatic carbocycles. The van der Waals surface area contributed by atoms with Crippen LogP contribution in [0.3, 0.4) is 0 Å². The van der Waals surface area contributed by atoms with Crippen LogP contribution >= 0.6 is 15.9 Å². The normalized spacial score (nSPS) is 16.6. The van der Waals surface area contributed by atoms with Crippen molar-refractivity contribution in [1.82, 2.24) is 4.90 Å². The standard InChI is InChI=1S/C16H23BrN2O2/c1-12(18)9-13-10-14(17)5-6-15(13)21-11-16(20)19-7-3-2-4-8-19/h5-6,10,12H,2-4,7-9,11,18H2,1H3. The van der Waals surface area contributed by atoms with E-state index >= 15 is 0 Å². The van der Waals surface area contributed by atoms with Crippen molar-refractivity contribution in [2.75, 3.05) is 19.7 Å². The largest absolute Gasteiger partial charge is 0.483 e.